The lowest BCUT2D eigenvalue weighted by atomic mass is 10.0. The van der Waals surface area contributed by atoms with Crippen LogP contribution >= 0.6 is 0 Å². The van der Waals surface area contributed by atoms with Gasteiger partial charge in [0, 0.05) is 11.3 Å². The lowest BCUT2D eigenvalue weighted by Gasteiger charge is -2.00. The molecule has 1 aliphatic heterocycles. The average Bonchev–Trinajstić information content (AvgIpc) is 2.49. The number of nitrogens with zero attached hydrogens (tertiary/aromatic N) is 1. The summed E-state index contributed by atoms with van der Waals surface area (Å²) in [5.41, 5.74) is 10.0. The second kappa shape index (κ2) is 3.05. The molecule has 0 saturated heterocycles. The van der Waals surface area contributed by atoms with E-state index in [0.29, 0.717) is 0 Å². The Hall–Kier alpha value is -1.57. The molecule has 1 heterocycles. The van der Waals surface area contributed by atoms with E-state index in [1.54, 1.807) is 0 Å². The minimum absolute atomic E-state index is 0.787. The fraction of sp³-hybridized carbons (Fsp3) is 0.182. The van der Waals surface area contributed by atoms with Gasteiger partial charge in [-0.25, -0.2) is 0 Å². The summed E-state index contributed by atoms with van der Waals surface area (Å²) in [5, 5.41) is 0. The van der Waals surface area contributed by atoms with Crippen LogP contribution in [0.3, 0.4) is 0 Å². The molecule has 0 atom stereocenters. The van der Waals surface area contributed by atoms with Gasteiger partial charge in [-0.2, -0.15) is 0 Å². The van der Waals surface area contributed by atoms with E-state index in [1.807, 2.05) is 37.3 Å². The number of nitrogens with two attached hydrogens (primary N) is 1. The quantitative estimate of drug-likeness (QED) is 0.647. The smallest absolute Gasteiger partial charge is 0.0653 e. The zero-order chi connectivity index (χ0) is 9.26. The van der Waals surface area contributed by atoms with Gasteiger partial charge in [0.05, 0.1) is 12.3 Å². The maximum atomic E-state index is 5.71. The van der Waals surface area contributed by atoms with E-state index in [-0.39, 0.29) is 0 Å². The molecular weight excluding hydrogens is 160 g/mol. The van der Waals surface area contributed by atoms with Gasteiger partial charge in [0.15, 0.2) is 0 Å². The molecule has 13 heavy (non-hydrogen) atoms. The fourth-order valence-corrected chi connectivity index (χ4v) is 1.53. The van der Waals surface area contributed by atoms with Crippen LogP contribution in [-0.4, -0.2) is 5.71 Å². The first-order valence-electron chi connectivity index (χ1n) is 4.37. The fourth-order valence-electron chi connectivity index (χ4n) is 1.53. The maximum absolute atomic E-state index is 5.71. The van der Waals surface area contributed by atoms with Gasteiger partial charge in [0.1, 0.15) is 0 Å². The van der Waals surface area contributed by atoms with Crippen molar-refractivity contribution in [1.82, 2.24) is 0 Å². The number of hydrogen-bond acceptors (Lipinski definition) is 2. The molecule has 2 heteroatoms. The zero-order valence-corrected chi connectivity index (χ0v) is 7.62. The number of allylic oxidation sites excluding steroid dienone is 2. The molecule has 1 aliphatic rings. The van der Waals surface area contributed by atoms with Crippen LogP contribution in [0.2, 0.25) is 0 Å². The number of benzene rings is 1. The summed E-state index contributed by atoms with van der Waals surface area (Å²) < 4.78 is 0. The first-order chi connectivity index (χ1) is 6.31. The largest absolute Gasteiger partial charge is 0.399 e. The highest BCUT2D eigenvalue weighted by Crippen LogP contribution is 2.21. The van der Waals surface area contributed by atoms with Crippen molar-refractivity contribution in [3.05, 3.63) is 41.5 Å². The summed E-state index contributed by atoms with van der Waals surface area (Å²) in [5.74, 6) is 0. The van der Waals surface area contributed by atoms with E-state index >= 15 is 0 Å². The standard InChI is InChI=1S/C11H12N2/c1-2-3-11-10-6-9(12)5-4-8(10)7-13-11/h2-6H,7,12H2,1H3/b3-2+. The Morgan fingerprint density at radius 2 is 2.31 bits per heavy atom. The molecule has 0 spiro atoms. The summed E-state index contributed by atoms with van der Waals surface area (Å²) in [6.45, 7) is 2.78. The van der Waals surface area contributed by atoms with Crippen LogP contribution in [0.1, 0.15) is 18.1 Å². The first kappa shape index (κ1) is 8.05. The lowest BCUT2D eigenvalue weighted by Crippen LogP contribution is -1.95. The van der Waals surface area contributed by atoms with E-state index in [2.05, 4.69) is 4.99 Å². The van der Waals surface area contributed by atoms with Gasteiger partial charge in [-0.1, -0.05) is 12.1 Å². The second-order valence-corrected chi connectivity index (χ2v) is 3.12. The summed E-state index contributed by atoms with van der Waals surface area (Å²) in [6, 6.07) is 5.96. The highest BCUT2D eigenvalue weighted by Gasteiger charge is 2.12. The Morgan fingerprint density at radius 1 is 1.46 bits per heavy atom. The third-order valence-corrected chi connectivity index (χ3v) is 2.15. The summed E-state index contributed by atoms with van der Waals surface area (Å²) in [4.78, 5) is 4.41. The molecule has 2 nitrogen and oxygen atoms in total. The van der Waals surface area contributed by atoms with Gasteiger partial charge < -0.3 is 5.73 Å². The second-order valence-electron chi connectivity index (χ2n) is 3.12. The van der Waals surface area contributed by atoms with Crippen molar-refractivity contribution in [2.75, 3.05) is 5.73 Å². The van der Waals surface area contributed by atoms with Crippen molar-refractivity contribution < 1.29 is 0 Å². The zero-order valence-electron chi connectivity index (χ0n) is 7.62. The van der Waals surface area contributed by atoms with Crippen molar-refractivity contribution >= 4 is 11.4 Å². The normalized spacial score (nSPS) is 14.7. The third-order valence-electron chi connectivity index (χ3n) is 2.15. The number of anilines is 1. The molecule has 66 valence electrons. The Bertz CT molecular complexity index is 389. The van der Waals surface area contributed by atoms with Crippen LogP contribution in [0, 0.1) is 0 Å². The van der Waals surface area contributed by atoms with Gasteiger partial charge in [-0.15, -0.1) is 0 Å². The monoisotopic (exact) mass is 172 g/mol. The van der Waals surface area contributed by atoms with Crippen LogP contribution in [0.4, 0.5) is 5.69 Å². The molecule has 0 unspecified atom stereocenters. The van der Waals surface area contributed by atoms with Crippen LogP contribution in [0.25, 0.3) is 0 Å². The van der Waals surface area contributed by atoms with Crippen molar-refractivity contribution in [2.45, 2.75) is 13.5 Å². The van der Waals surface area contributed by atoms with Gasteiger partial charge in [0.25, 0.3) is 0 Å². The minimum atomic E-state index is 0.787. The van der Waals surface area contributed by atoms with E-state index in [1.165, 1.54) is 11.1 Å². The molecule has 1 aromatic rings. The van der Waals surface area contributed by atoms with Gasteiger partial charge >= 0.3 is 0 Å². The highest BCUT2D eigenvalue weighted by atomic mass is 14.8. The van der Waals surface area contributed by atoms with Gasteiger partial charge in [-0.05, 0) is 30.7 Å². The molecular formula is C11H12N2. The Kier molecular flexibility index (Phi) is 1.89. The van der Waals surface area contributed by atoms with Crippen molar-refractivity contribution in [1.29, 1.82) is 0 Å². The predicted molar refractivity (Wildman–Crippen MR) is 55.9 cm³/mol. The van der Waals surface area contributed by atoms with Crippen LogP contribution in [-0.2, 0) is 6.54 Å². The van der Waals surface area contributed by atoms with Crippen molar-refractivity contribution in [2.24, 2.45) is 4.99 Å². The average molecular weight is 172 g/mol. The number of rotatable bonds is 1. The highest BCUT2D eigenvalue weighted by molar-refractivity contribution is 6.11. The molecule has 0 radical (unpaired) electrons. The Morgan fingerprint density at radius 3 is 3.08 bits per heavy atom. The lowest BCUT2D eigenvalue weighted by molar-refractivity contribution is 1.11. The van der Waals surface area contributed by atoms with E-state index in [9.17, 15) is 0 Å². The third kappa shape index (κ3) is 1.35. The summed E-state index contributed by atoms with van der Waals surface area (Å²) >= 11 is 0. The molecule has 0 bridgehead atoms. The molecule has 0 amide bonds. The topological polar surface area (TPSA) is 38.4 Å². The van der Waals surface area contributed by atoms with Crippen molar-refractivity contribution in [3.8, 4) is 0 Å². The SMILES string of the molecule is C/C=C/C1=NCc2ccc(N)cc21. The number of aliphatic imine (C=N–C) groups is 1. The molecule has 0 aromatic heterocycles. The van der Waals surface area contributed by atoms with Crippen LogP contribution in [0.5, 0.6) is 0 Å². The number of nitrogen functional groups attached to an aromatic ring is 1. The number of fused-ring (bicyclic) bond motifs is 1. The molecule has 0 fully saturated rings. The first-order valence-corrected chi connectivity index (χ1v) is 4.37. The number of hydrogen-bond donors (Lipinski definition) is 1. The molecule has 1 aromatic carbocycles. The minimum Gasteiger partial charge on any atom is -0.399 e. The molecule has 2 rings (SSSR count). The van der Waals surface area contributed by atoms with Crippen molar-refractivity contribution in [3.63, 3.8) is 0 Å². The van der Waals surface area contributed by atoms with E-state index in [0.717, 1.165) is 17.9 Å². The summed E-state index contributed by atoms with van der Waals surface area (Å²) in [7, 11) is 0. The predicted octanol–water partition coefficient (Wildman–Crippen LogP) is 2.15. The molecule has 2 N–H and O–H groups in total. The van der Waals surface area contributed by atoms with E-state index < -0.39 is 0 Å². The van der Waals surface area contributed by atoms with Gasteiger partial charge in [0.2, 0.25) is 0 Å². The maximum Gasteiger partial charge on any atom is 0.0653 e. The summed E-state index contributed by atoms with van der Waals surface area (Å²) in [6.07, 6.45) is 4.02. The molecule has 0 aliphatic carbocycles. The van der Waals surface area contributed by atoms with Crippen LogP contribution in [0.15, 0.2) is 35.3 Å². The van der Waals surface area contributed by atoms with Crippen LogP contribution < -0.4 is 5.73 Å². The Balaban J connectivity index is 2.48. The molecule has 0 saturated carbocycles. The van der Waals surface area contributed by atoms with Gasteiger partial charge in [-0.3, -0.25) is 4.99 Å². The van der Waals surface area contributed by atoms with E-state index in [4.69, 9.17) is 5.73 Å². The Labute approximate surface area is 77.8 Å².